The summed E-state index contributed by atoms with van der Waals surface area (Å²) < 4.78 is 0. The van der Waals surface area contributed by atoms with Crippen LogP contribution >= 0.6 is 12.2 Å². The lowest BCUT2D eigenvalue weighted by atomic mass is 9.78. The Balaban J connectivity index is 2.07. The molecule has 0 spiro atoms. The molecule has 0 aromatic rings. The Labute approximate surface area is 133 Å². The number of nitrogens with two attached hydrogens (primary N) is 1. The van der Waals surface area contributed by atoms with Crippen molar-refractivity contribution in [2.75, 3.05) is 13.1 Å². The molecule has 1 heterocycles. The quantitative estimate of drug-likeness (QED) is 0.619. The molecule has 5 heteroatoms. The predicted molar refractivity (Wildman–Crippen MR) is 87.9 cm³/mol. The molecule has 1 saturated heterocycles. The zero-order valence-corrected chi connectivity index (χ0v) is 13.8. The van der Waals surface area contributed by atoms with Crippen LogP contribution in [0.15, 0.2) is 0 Å². The molecule has 1 aliphatic carbocycles. The average molecular weight is 312 g/mol. The smallest absolute Gasteiger partial charge is 0.235 e. The van der Waals surface area contributed by atoms with E-state index < -0.39 is 5.41 Å². The molecule has 2 aliphatic rings. The van der Waals surface area contributed by atoms with Gasteiger partial charge in [-0.05, 0) is 38.5 Å². The molecule has 0 aromatic carbocycles. The van der Waals surface area contributed by atoms with Gasteiger partial charge in [0, 0.05) is 13.1 Å². The third-order valence-electron chi connectivity index (χ3n) is 5.35. The van der Waals surface area contributed by atoms with E-state index in [-0.39, 0.29) is 12.0 Å². The number of carbonyl (C=O) groups excluding carboxylic acids is 1. The first-order chi connectivity index (χ1) is 9.97. The van der Waals surface area contributed by atoms with E-state index >= 15 is 0 Å². The summed E-state index contributed by atoms with van der Waals surface area (Å²) in [4.78, 5) is 15.4. The lowest BCUT2D eigenvalue weighted by molar-refractivity contribution is -0.141. The number of rotatable bonds is 3. The van der Waals surface area contributed by atoms with Gasteiger partial charge in [0.25, 0.3) is 0 Å². The molecule has 120 valence electrons. The van der Waals surface area contributed by atoms with Gasteiger partial charge in [-0.2, -0.15) is 0 Å². The Bertz CT molecular complexity index is 382. The van der Waals surface area contributed by atoms with E-state index in [9.17, 15) is 9.90 Å². The van der Waals surface area contributed by atoms with E-state index in [1.807, 2.05) is 11.8 Å². The SMILES string of the molecule is CC(O)C1CCN(C(=O)C2(C(N)=S)CCCCCC2)CC1. The van der Waals surface area contributed by atoms with Crippen LogP contribution in [-0.4, -0.2) is 40.1 Å². The van der Waals surface area contributed by atoms with Gasteiger partial charge in [0.15, 0.2) is 0 Å². The Morgan fingerprint density at radius 1 is 1.24 bits per heavy atom. The second kappa shape index (κ2) is 7.05. The first kappa shape index (κ1) is 16.7. The van der Waals surface area contributed by atoms with Crippen LogP contribution in [0.4, 0.5) is 0 Å². The van der Waals surface area contributed by atoms with Crippen LogP contribution in [-0.2, 0) is 4.79 Å². The second-order valence-corrected chi connectivity index (χ2v) is 7.17. The summed E-state index contributed by atoms with van der Waals surface area (Å²) in [5.41, 5.74) is 5.39. The molecule has 3 N–H and O–H groups in total. The fourth-order valence-corrected chi connectivity index (χ4v) is 4.08. The first-order valence-corrected chi connectivity index (χ1v) is 8.65. The van der Waals surface area contributed by atoms with Gasteiger partial charge in [0.1, 0.15) is 0 Å². The molecule has 1 aliphatic heterocycles. The maximum absolute atomic E-state index is 13.0. The van der Waals surface area contributed by atoms with Crippen LogP contribution < -0.4 is 5.73 Å². The maximum Gasteiger partial charge on any atom is 0.235 e. The van der Waals surface area contributed by atoms with Crippen LogP contribution in [0.1, 0.15) is 58.3 Å². The first-order valence-electron chi connectivity index (χ1n) is 8.25. The summed E-state index contributed by atoms with van der Waals surface area (Å²) in [6.45, 7) is 3.28. The van der Waals surface area contributed by atoms with Crippen molar-refractivity contribution >= 4 is 23.1 Å². The molecule has 1 amide bonds. The number of aliphatic hydroxyl groups excluding tert-OH is 1. The Kier molecular flexibility index (Phi) is 5.60. The molecular formula is C16H28N2O2S. The molecular weight excluding hydrogens is 284 g/mol. The van der Waals surface area contributed by atoms with Crippen molar-refractivity contribution in [1.29, 1.82) is 0 Å². The molecule has 0 radical (unpaired) electrons. The van der Waals surface area contributed by atoms with Crippen LogP contribution in [0.5, 0.6) is 0 Å². The van der Waals surface area contributed by atoms with Crippen molar-refractivity contribution in [2.45, 2.75) is 64.4 Å². The highest BCUT2D eigenvalue weighted by Gasteiger charge is 2.44. The number of amides is 1. The van der Waals surface area contributed by atoms with Crippen molar-refractivity contribution in [3.05, 3.63) is 0 Å². The summed E-state index contributed by atoms with van der Waals surface area (Å²) in [5, 5.41) is 9.68. The Morgan fingerprint density at radius 2 is 1.76 bits per heavy atom. The number of carbonyl (C=O) groups is 1. The molecule has 1 unspecified atom stereocenters. The molecule has 2 rings (SSSR count). The van der Waals surface area contributed by atoms with Gasteiger partial charge in [-0.25, -0.2) is 0 Å². The molecule has 1 saturated carbocycles. The highest BCUT2D eigenvalue weighted by atomic mass is 32.1. The molecule has 21 heavy (non-hydrogen) atoms. The zero-order valence-electron chi connectivity index (χ0n) is 13.0. The highest BCUT2D eigenvalue weighted by molar-refractivity contribution is 7.80. The fraction of sp³-hybridized carbons (Fsp3) is 0.875. The van der Waals surface area contributed by atoms with E-state index in [1.54, 1.807) is 0 Å². The Morgan fingerprint density at radius 3 is 2.19 bits per heavy atom. The molecule has 0 bridgehead atoms. The summed E-state index contributed by atoms with van der Waals surface area (Å²) in [5.74, 6) is 0.449. The van der Waals surface area contributed by atoms with Gasteiger partial charge in [0.2, 0.25) is 5.91 Å². The van der Waals surface area contributed by atoms with Crippen molar-refractivity contribution in [1.82, 2.24) is 4.90 Å². The largest absolute Gasteiger partial charge is 0.393 e. The van der Waals surface area contributed by atoms with Crippen molar-refractivity contribution in [3.63, 3.8) is 0 Å². The van der Waals surface area contributed by atoms with Crippen LogP contribution in [0.2, 0.25) is 0 Å². The topological polar surface area (TPSA) is 66.6 Å². The summed E-state index contributed by atoms with van der Waals surface area (Å²) in [6.07, 6.45) is 7.47. The van der Waals surface area contributed by atoms with E-state index in [0.717, 1.165) is 51.6 Å². The van der Waals surface area contributed by atoms with Gasteiger partial charge < -0.3 is 15.7 Å². The summed E-state index contributed by atoms with van der Waals surface area (Å²) in [7, 11) is 0. The van der Waals surface area contributed by atoms with E-state index in [0.29, 0.717) is 10.9 Å². The van der Waals surface area contributed by atoms with Gasteiger partial charge in [-0.1, -0.05) is 37.9 Å². The normalized spacial score (nSPS) is 25.1. The zero-order chi connectivity index (χ0) is 15.5. The number of likely N-dealkylation sites (tertiary alicyclic amines) is 1. The predicted octanol–water partition coefficient (Wildman–Crippen LogP) is 2.23. The van der Waals surface area contributed by atoms with E-state index in [2.05, 4.69) is 0 Å². The lowest BCUT2D eigenvalue weighted by Crippen LogP contribution is -2.53. The van der Waals surface area contributed by atoms with Crippen molar-refractivity contribution < 1.29 is 9.90 Å². The van der Waals surface area contributed by atoms with Crippen LogP contribution in [0.25, 0.3) is 0 Å². The monoisotopic (exact) mass is 312 g/mol. The number of hydrogen-bond acceptors (Lipinski definition) is 3. The third-order valence-corrected chi connectivity index (χ3v) is 5.74. The fourth-order valence-electron chi connectivity index (χ4n) is 3.79. The highest BCUT2D eigenvalue weighted by Crippen LogP contribution is 2.38. The van der Waals surface area contributed by atoms with Crippen molar-refractivity contribution in [3.8, 4) is 0 Å². The molecule has 1 atom stereocenters. The number of piperidine rings is 1. The summed E-state index contributed by atoms with van der Waals surface area (Å²) >= 11 is 5.29. The second-order valence-electron chi connectivity index (χ2n) is 6.73. The molecule has 4 nitrogen and oxygen atoms in total. The number of nitrogens with zero attached hydrogens (tertiary/aromatic N) is 1. The van der Waals surface area contributed by atoms with Gasteiger partial charge in [-0.15, -0.1) is 0 Å². The van der Waals surface area contributed by atoms with Crippen molar-refractivity contribution in [2.24, 2.45) is 17.1 Å². The maximum atomic E-state index is 13.0. The van der Waals surface area contributed by atoms with E-state index in [4.69, 9.17) is 18.0 Å². The molecule has 0 aromatic heterocycles. The number of aliphatic hydroxyl groups is 1. The molecule has 2 fully saturated rings. The summed E-state index contributed by atoms with van der Waals surface area (Å²) in [6, 6.07) is 0. The van der Waals surface area contributed by atoms with Crippen LogP contribution in [0.3, 0.4) is 0 Å². The average Bonchev–Trinajstić information content (AvgIpc) is 2.73. The van der Waals surface area contributed by atoms with Gasteiger partial charge in [0.05, 0.1) is 16.5 Å². The third kappa shape index (κ3) is 3.57. The number of hydrogen-bond donors (Lipinski definition) is 2. The minimum Gasteiger partial charge on any atom is -0.393 e. The number of thiocarbonyl (C=S) groups is 1. The standard InChI is InChI=1S/C16H28N2O2S/c1-12(19)13-6-10-18(11-7-13)15(20)16(14(17)21)8-4-2-3-5-9-16/h12-13,19H,2-11H2,1H3,(H2,17,21). The van der Waals surface area contributed by atoms with Crippen LogP contribution in [0, 0.1) is 11.3 Å². The minimum absolute atomic E-state index is 0.140. The van der Waals surface area contributed by atoms with E-state index in [1.165, 1.54) is 12.8 Å². The van der Waals surface area contributed by atoms with Gasteiger partial charge in [-0.3, -0.25) is 4.79 Å². The minimum atomic E-state index is -0.608. The Hall–Kier alpha value is -0.680. The van der Waals surface area contributed by atoms with Gasteiger partial charge >= 0.3 is 0 Å². The lowest BCUT2D eigenvalue weighted by Gasteiger charge is -2.40.